The largest absolute Gasteiger partial charge is 0.351 e. The van der Waals surface area contributed by atoms with E-state index in [4.69, 9.17) is 5.40 Å². The Bertz CT molecular complexity index is 71.3. The van der Waals surface area contributed by atoms with Gasteiger partial charge in [0.1, 0.15) is 8.24 Å². The first-order valence-corrected chi connectivity index (χ1v) is 6.90. The molecule has 0 spiro atoms. The van der Waals surface area contributed by atoms with Gasteiger partial charge in [0.05, 0.1) is 0 Å². The van der Waals surface area contributed by atoms with Crippen LogP contribution in [-0.2, 0) is 0 Å². The molecule has 9 heavy (non-hydrogen) atoms. The Labute approximate surface area is 59.7 Å². The van der Waals surface area contributed by atoms with Crippen molar-refractivity contribution in [1.29, 1.82) is 0 Å². The summed E-state index contributed by atoms with van der Waals surface area (Å²) in [4.78, 5) is 0. The third-order valence-corrected chi connectivity index (χ3v) is 5.02. The van der Waals surface area contributed by atoms with Crippen molar-refractivity contribution in [3.05, 3.63) is 0 Å². The second-order valence-electron chi connectivity index (χ2n) is 3.11. The lowest BCUT2D eigenvalue weighted by Crippen LogP contribution is -2.40. The van der Waals surface area contributed by atoms with Crippen molar-refractivity contribution in [3.63, 3.8) is 0 Å². The van der Waals surface area contributed by atoms with Gasteiger partial charge in [-0.2, -0.15) is 0 Å². The molecule has 1 atom stereocenters. The lowest BCUT2D eigenvalue weighted by molar-refractivity contribution is 0.861. The molecule has 0 aliphatic carbocycles. The molecule has 1 nitrogen and oxygen atoms in total. The Hall–Kier alpha value is 0.177. The normalized spacial score (nSPS) is 17.3. The van der Waals surface area contributed by atoms with Gasteiger partial charge in [-0.25, -0.2) is 0 Å². The molecule has 0 aliphatic rings. The van der Waals surface area contributed by atoms with Crippen LogP contribution in [0.2, 0.25) is 18.6 Å². The molecule has 0 bridgehead atoms. The molecular weight excluding hydrogens is 126 g/mol. The van der Waals surface area contributed by atoms with Crippen LogP contribution in [0.1, 0.15) is 26.7 Å². The van der Waals surface area contributed by atoms with Crippen LogP contribution in [0, 0.1) is 0 Å². The van der Waals surface area contributed by atoms with Crippen LogP contribution in [0.5, 0.6) is 0 Å². The van der Waals surface area contributed by atoms with E-state index in [-0.39, 0.29) is 0 Å². The fourth-order valence-electron chi connectivity index (χ4n) is 0.757. The van der Waals surface area contributed by atoms with Crippen LogP contribution in [0.25, 0.3) is 0 Å². The Morgan fingerprint density at radius 3 is 2.22 bits per heavy atom. The third kappa shape index (κ3) is 4.67. The summed E-state index contributed by atoms with van der Waals surface area (Å²) in [5, 5.41) is 6.04. The zero-order valence-corrected chi connectivity index (χ0v) is 7.91. The van der Waals surface area contributed by atoms with Gasteiger partial charge in [0.25, 0.3) is 0 Å². The molecule has 1 unspecified atom stereocenters. The van der Waals surface area contributed by atoms with Crippen LogP contribution < -0.4 is 5.40 Å². The Kier molecular flexibility index (Phi) is 4.15. The highest BCUT2D eigenvalue weighted by molar-refractivity contribution is 6.75. The molecule has 56 valence electrons. The van der Waals surface area contributed by atoms with Gasteiger partial charge in [0.2, 0.25) is 0 Å². The first-order chi connectivity index (χ1) is 4.12. The van der Waals surface area contributed by atoms with Gasteiger partial charge >= 0.3 is 0 Å². The van der Waals surface area contributed by atoms with Crippen molar-refractivity contribution in [2.24, 2.45) is 5.40 Å². The Balaban J connectivity index is 3.33. The number of unbranched alkanes of at least 4 members (excludes halogenated alkanes) is 1. The van der Waals surface area contributed by atoms with Gasteiger partial charge in [-0.15, -0.1) is 0 Å². The summed E-state index contributed by atoms with van der Waals surface area (Å²) in [6.45, 7) is 6.70. The van der Waals surface area contributed by atoms with E-state index in [2.05, 4.69) is 20.4 Å². The number of hydrogen-bond donors (Lipinski definition) is 1. The summed E-state index contributed by atoms with van der Waals surface area (Å²) >= 11 is 0. The zero-order chi connectivity index (χ0) is 7.33. The minimum atomic E-state index is -1.20. The van der Waals surface area contributed by atoms with E-state index < -0.39 is 8.24 Å². The average Bonchev–Trinajstić information content (AvgIpc) is 1.84. The molecule has 0 heterocycles. The van der Waals surface area contributed by atoms with Gasteiger partial charge < -0.3 is 5.40 Å². The summed E-state index contributed by atoms with van der Waals surface area (Å²) in [6.07, 6.45) is 2.62. The molecular formula is C7H19NSi. The van der Waals surface area contributed by atoms with Crippen LogP contribution in [0.4, 0.5) is 0 Å². The highest BCUT2D eigenvalue weighted by Crippen LogP contribution is 2.11. The highest BCUT2D eigenvalue weighted by Gasteiger charge is 2.16. The summed E-state index contributed by atoms with van der Waals surface area (Å²) in [5.74, 6) is 0. The Morgan fingerprint density at radius 2 is 1.89 bits per heavy atom. The fraction of sp³-hybridized carbons (Fsp3) is 1.00. The maximum atomic E-state index is 6.04. The van der Waals surface area contributed by atoms with E-state index in [9.17, 15) is 0 Å². The van der Waals surface area contributed by atoms with Crippen LogP contribution in [0.15, 0.2) is 0 Å². The molecule has 2 N–H and O–H groups in total. The van der Waals surface area contributed by atoms with Crippen molar-refractivity contribution in [3.8, 4) is 0 Å². The smallest absolute Gasteiger partial charge is 0.119 e. The molecule has 0 fully saturated rings. The zero-order valence-electron chi connectivity index (χ0n) is 6.91. The van der Waals surface area contributed by atoms with Crippen molar-refractivity contribution in [2.75, 3.05) is 0 Å². The summed E-state index contributed by atoms with van der Waals surface area (Å²) in [6, 6.07) is 2.53. The predicted octanol–water partition coefficient (Wildman–Crippen LogP) is 2.34. The van der Waals surface area contributed by atoms with Crippen molar-refractivity contribution in [2.45, 2.75) is 45.3 Å². The van der Waals surface area contributed by atoms with E-state index >= 15 is 0 Å². The summed E-state index contributed by atoms with van der Waals surface area (Å²) < 4.78 is 0. The number of nitrogens with two attached hydrogens (primary N) is 1. The maximum absolute atomic E-state index is 6.04. The molecule has 0 aromatic rings. The van der Waals surface area contributed by atoms with Gasteiger partial charge in [0, 0.05) is 0 Å². The van der Waals surface area contributed by atoms with Gasteiger partial charge in [0.15, 0.2) is 0 Å². The van der Waals surface area contributed by atoms with Crippen molar-refractivity contribution in [1.82, 2.24) is 0 Å². The highest BCUT2D eigenvalue weighted by atomic mass is 28.3. The number of rotatable bonds is 4. The molecule has 0 saturated heterocycles. The van der Waals surface area contributed by atoms with Gasteiger partial charge in [-0.05, 0) is 12.1 Å². The third-order valence-electron chi connectivity index (χ3n) is 1.91. The van der Waals surface area contributed by atoms with Gasteiger partial charge in [-0.3, -0.25) is 0 Å². The monoisotopic (exact) mass is 145 g/mol. The average molecular weight is 145 g/mol. The minimum Gasteiger partial charge on any atom is -0.351 e. The van der Waals surface area contributed by atoms with E-state index in [1.807, 2.05) is 0 Å². The first kappa shape index (κ1) is 9.18. The topological polar surface area (TPSA) is 26.0 Å². The molecule has 0 aromatic carbocycles. The molecule has 0 rings (SSSR count). The second kappa shape index (κ2) is 4.07. The van der Waals surface area contributed by atoms with E-state index in [1.54, 1.807) is 0 Å². The number of hydrogen-bond acceptors (Lipinski definition) is 1. The Morgan fingerprint density at radius 1 is 1.33 bits per heavy atom. The van der Waals surface area contributed by atoms with E-state index in [0.29, 0.717) is 0 Å². The second-order valence-corrected chi connectivity index (χ2v) is 7.63. The summed E-state index contributed by atoms with van der Waals surface area (Å²) in [5.41, 5.74) is 0. The molecule has 0 aromatic heterocycles. The molecule has 0 saturated carbocycles. The van der Waals surface area contributed by atoms with Gasteiger partial charge in [-0.1, -0.05) is 33.2 Å². The lowest BCUT2D eigenvalue weighted by Gasteiger charge is -2.18. The first-order valence-electron chi connectivity index (χ1n) is 3.91. The van der Waals surface area contributed by atoms with Crippen LogP contribution in [-0.4, -0.2) is 8.24 Å². The molecule has 0 aliphatic heterocycles. The summed E-state index contributed by atoms with van der Waals surface area (Å²) in [7, 11) is -1.20. The lowest BCUT2D eigenvalue weighted by atomic mass is 10.4. The fourth-order valence-corrected chi connectivity index (χ4v) is 2.27. The SMILES string of the molecule is CCCC[Si](C)(N)CC. The van der Waals surface area contributed by atoms with Crippen LogP contribution >= 0.6 is 0 Å². The molecule has 0 amide bonds. The predicted molar refractivity (Wildman–Crippen MR) is 46.0 cm³/mol. The standard InChI is InChI=1S/C7H19NSi/c1-4-6-7-9(3,8)5-2/h4-8H2,1-3H3. The minimum absolute atomic E-state index is 1.20. The molecule has 2 heteroatoms. The van der Waals surface area contributed by atoms with Crippen molar-refractivity contribution < 1.29 is 0 Å². The van der Waals surface area contributed by atoms with E-state index in [1.165, 1.54) is 24.9 Å². The maximum Gasteiger partial charge on any atom is 0.119 e. The molecule has 0 radical (unpaired) electrons. The quantitative estimate of drug-likeness (QED) is 0.604. The van der Waals surface area contributed by atoms with Crippen molar-refractivity contribution >= 4 is 8.24 Å². The van der Waals surface area contributed by atoms with Crippen LogP contribution in [0.3, 0.4) is 0 Å². The van der Waals surface area contributed by atoms with E-state index in [0.717, 1.165) is 0 Å².